The molecule has 3 N–H and O–H groups in total. The third kappa shape index (κ3) is 3.43. The minimum absolute atomic E-state index is 0.263. The summed E-state index contributed by atoms with van der Waals surface area (Å²) < 4.78 is 0. The number of rotatable bonds is 2. The molecular formula is C19H18N2OS. The Labute approximate surface area is 141 Å². The van der Waals surface area contributed by atoms with Gasteiger partial charge in [-0.2, -0.15) is 0 Å². The molecule has 3 aromatic carbocycles. The van der Waals surface area contributed by atoms with Gasteiger partial charge in [0.25, 0.3) is 0 Å². The first-order chi connectivity index (χ1) is 11.0. The summed E-state index contributed by atoms with van der Waals surface area (Å²) in [4.78, 5) is 0. The topological polar surface area (TPSA) is 44.3 Å². The molecule has 0 amide bonds. The smallest absolute Gasteiger partial charge is 0.175 e. The van der Waals surface area contributed by atoms with Gasteiger partial charge in [-0.3, -0.25) is 0 Å². The van der Waals surface area contributed by atoms with E-state index in [9.17, 15) is 5.11 Å². The van der Waals surface area contributed by atoms with E-state index in [1.165, 1.54) is 11.1 Å². The van der Waals surface area contributed by atoms with Crippen LogP contribution in [0.25, 0.3) is 10.8 Å². The molecule has 0 aromatic heterocycles. The van der Waals surface area contributed by atoms with E-state index in [1.807, 2.05) is 30.3 Å². The fourth-order valence-corrected chi connectivity index (χ4v) is 2.96. The third-order valence-electron chi connectivity index (χ3n) is 3.63. The second-order valence-electron chi connectivity index (χ2n) is 5.63. The van der Waals surface area contributed by atoms with Crippen molar-refractivity contribution in [3.8, 4) is 5.75 Å². The van der Waals surface area contributed by atoms with E-state index in [1.54, 1.807) is 6.07 Å². The Balaban J connectivity index is 1.84. The first-order valence-corrected chi connectivity index (χ1v) is 7.81. The van der Waals surface area contributed by atoms with Crippen LogP contribution in [-0.4, -0.2) is 10.2 Å². The van der Waals surface area contributed by atoms with Crippen LogP contribution in [0, 0.1) is 13.8 Å². The minimum Gasteiger partial charge on any atom is -0.507 e. The molecule has 0 aliphatic rings. The van der Waals surface area contributed by atoms with Crippen LogP contribution >= 0.6 is 12.2 Å². The van der Waals surface area contributed by atoms with Crippen molar-refractivity contribution in [2.24, 2.45) is 0 Å². The van der Waals surface area contributed by atoms with Crippen LogP contribution in [0.2, 0.25) is 0 Å². The normalized spacial score (nSPS) is 10.5. The monoisotopic (exact) mass is 322 g/mol. The molecule has 0 heterocycles. The lowest BCUT2D eigenvalue weighted by Crippen LogP contribution is -2.19. The van der Waals surface area contributed by atoms with Crippen molar-refractivity contribution in [3.63, 3.8) is 0 Å². The number of aryl methyl sites for hydroxylation is 2. The fraction of sp³-hybridized carbons (Fsp3) is 0.105. The maximum Gasteiger partial charge on any atom is 0.175 e. The van der Waals surface area contributed by atoms with Gasteiger partial charge in [-0.05, 0) is 61.5 Å². The predicted molar refractivity (Wildman–Crippen MR) is 101 cm³/mol. The molecule has 0 spiro atoms. The lowest BCUT2D eigenvalue weighted by atomic mass is 10.1. The molecular weight excluding hydrogens is 304 g/mol. The first kappa shape index (κ1) is 15.3. The molecule has 3 aromatic rings. The van der Waals surface area contributed by atoms with Gasteiger partial charge >= 0.3 is 0 Å². The Bertz CT molecular complexity index is 869. The standard InChI is InChI=1S/C19H18N2OS/c1-12-9-13(2)11-14(10-12)20-19(23)21-17-7-3-6-16-15(17)5-4-8-18(16)22/h3-11,22H,1-2H3,(H2,20,21,23). The van der Waals surface area contributed by atoms with Gasteiger partial charge < -0.3 is 15.7 Å². The van der Waals surface area contributed by atoms with Crippen LogP contribution in [0.4, 0.5) is 11.4 Å². The Hall–Kier alpha value is -2.59. The molecule has 0 saturated carbocycles. The second-order valence-corrected chi connectivity index (χ2v) is 6.04. The number of aromatic hydroxyl groups is 1. The summed E-state index contributed by atoms with van der Waals surface area (Å²) in [5, 5.41) is 18.6. The summed E-state index contributed by atoms with van der Waals surface area (Å²) in [7, 11) is 0. The van der Waals surface area contributed by atoms with Gasteiger partial charge in [-0.1, -0.05) is 30.3 Å². The quantitative estimate of drug-likeness (QED) is 0.583. The molecule has 0 fully saturated rings. The first-order valence-electron chi connectivity index (χ1n) is 7.40. The van der Waals surface area contributed by atoms with Gasteiger partial charge in [0.15, 0.2) is 5.11 Å². The highest BCUT2D eigenvalue weighted by molar-refractivity contribution is 7.80. The number of phenols is 1. The zero-order valence-corrected chi connectivity index (χ0v) is 13.9. The molecule has 23 heavy (non-hydrogen) atoms. The zero-order valence-electron chi connectivity index (χ0n) is 13.1. The highest BCUT2D eigenvalue weighted by atomic mass is 32.1. The van der Waals surface area contributed by atoms with E-state index in [2.05, 4.69) is 42.7 Å². The molecule has 0 atom stereocenters. The van der Waals surface area contributed by atoms with Crippen molar-refractivity contribution in [2.75, 3.05) is 10.6 Å². The SMILES string of the molecule is Cc1cc(C)cc(NC(=S)Nc2cccc3c(O)cccc23)c1. The molecule has 0 unspecified atom stereocenters. The molecule has 0 saturated heterocycles. The summed E-state index contributed by atoms with van der Waals surface area (Å²) in [6, 6.07) is 17.4. The highest BCUT2D eigenvalue weighted by Gasteiger charge is 2.06. The Morgan fingerprint density at radius 3 is 2.26 bits per heavy atom. The summed E-state index contributed by atoms with van der Waals surface area (Å²) in [5.74, 6) is 0.263. The molecule has 0 aliphatic carbocycles. The van der Waals surface area contributed by atoms with Crippen LogP contribution in [0.1, 0.15) is 11.1 Å². The van der Waals surface area contributed by atoms with Crippen molar-refractivity contribution in [3.05, 3.63) is 65.7 Å². The molecule has 0 radical (unpaired) electrons. The second kappa shape index (κ2) is 6.26. The van der Waals surface area contributed by atoms with E-state index in [4.69, 9.17) is 12.2 Å². The van der Waals surface area contributed by atoms with Crippen LogP contribution in [0.5, 0.6) is 5.75 Å². The number of hydrogen-bond acceptors (Lipinski definition) is 2. The third-order valence-corrected chi connectivity index (χ3v) is 3.83. The van der Waals surface area contributed by atoms with Crippen molar-refractivity contribution >= 4 is 39.5 Å². The minimum atomic E-state index is 0.263. The number of anilines is 2. The molecule has 0 bridgehead atoms. The number of fused-ring (bicyclic) bond motifs is 1. The van der Waals surface area contributed by atoms with E-state index < -0.39 is 0 Å². The lowest BCUT2D eigenvalue weighted by Gasteiger charge is -2.14. The van der Waals surface area contributed by atoms with E-state index in [0.717, 1.165) is 22.1 Å². The maximum atomic E-state index is 9.95. The molecule has 116 valence electrons. The Morgan fingerprint density at radius 1 is 0.870 bits per heavy atom. The van der Waals surface area contributed by atoms with Crippen molar-refractivity contribution in [2.45, 2.75) is 13.8 Å². The van der Waals surface area contributed by atoms with Gasteiger partial charge in [0, 0.05) is 22.1 Å². The van der Waals surface area contributed by atoms with E-state index >= 15 is 0 Å². The lowest BCUT2D eigenvalue weighted by molar-refractivity contribution is 0.481. The van der Waals surface area contributed by atoms with Crippen LogP contribution in [-0.2, 0) is 0 Å². The van der Waals surface area contributed by atoms with Gasteiger partial charge in [0.05, 0.1) is 0 Å². The average Bonchev–Trinajstić information content (AvgIpc) is 2.47. The molecule has 3 rings (SSSR count). The summed E-state index contributed by atoms with van der Waals surface area (Å²) in [6.07, 6.45) is 0. The number of thiocarbonyl (C=S) groups is 1. The predicted octanol–water partition coefficient (Wildman–Crippen LogP) is 4.97. The van der Waals surface area contributed by atoms with Gasteiger partial charge in [0.2, 0.25) is 0 Å². The van der Waals surface area contributed by atoms with Crippen molar-refractivity contribution in [1.82, 2.24) is 0 Å². The van der Waals surface area contributed by atoms with E-state index in [-0.39, 0.29) is 5.75 Å². The fourth-order valence-electron chi connectivity index (χ4n) is 2.73. The van der Waals surface area contributed by atoms with Crippen LogP contribution < -0.4 is 10.6 Å². The van der Waals surface area contributed by atoms with Crippen molar-refractivity contribution < 1.29 is 5.11 Å². The summed E-state index contributed by atoms with van der Waals surface area (Å²) in [5.41, 5.74) is 4.19. The maximum absolute atomic E-state index is 9.95. The number of hydrogen-bond donors (Lipinski definition) is 3. The Morgan fingerprint density at radius 2 is 1.52 bits per heavy atom. The average molecular weight is 322 g/mol. The largest absolute Gasteiger partial charge is 0.507 e. The van der Waals surface area contributed by atoms with Crippen molar-refractivity contribution in [1.29, 1.82) is 0 Å². The molecule has 3 nitrogen and oxygen atoms in total. The number of benzene rings is 3. The number of nitrogens with one attached hydrogen (secondary N) is 2. The van der Waals surface area contributed by atoms with Crippen LogP contribution in [0.3, 0.4) is 0 Å². The van der Waals surface area contributed by atoms with Gasteiger partial charge in [0.1, 0.15) is 5.75 Å². The summed E-state index contributed by atoms with van der Waals surface area (Å²) >= 11 is 5.42. The molecule has 4 heteroatoms. The van der Waals surface area contributed by atoms with E-state index in [0.29, 0.717) is 5.11 Å². The van der Waals surface area contributed by atoms with Crippen LogP contribution in [0.15, 0.2) is 54.6 Å². The molecule has 0 aliphatic heterocycles. The van der Waals surface area contributed by atoms with Gasteiger partial charge in [-0.15, -0.1) is 0 Å². The Kier molecular flexibility index (Phi) is 4.17. The van der Waals surface area contributed by atoms with Gasteiger partial charge in [-0.25, -0.2) is 0 Å². The summed E-state index contributed by atoms with van der Waals surface area (Å²) in [6.45, 7) is 4.12. The zero-order chi connectivity index (χ0) is 16.4. The number of phenolic OH excluding ortho intramolecular Hbond substituents is 1. The highest BCUT2D eigenvalue weighted by Crippen LogP contribution is 2.29.